The van der Waals surface area contributed by atoms with Gasteiger partial charge in [0.05, 0.1) is 6.54 Å². The average Bonchev–Trinajstić information content (AvgIpc) is 2.95. The number of halogens is 1. The summed E-state index contributed by atoms with van der Waals surface area (Å²) in [4.78, 5) is 18.2. The molecular weight excluding hydrogens is 303 g/mol. The summed E-state index contributed by atoms with van der Waals surface area (Å²) in [7, 11) is 5.08. The maximum atomic E-state index is 13.0. The highest BCUT2D eigenvalue weighted by Crippen LogP contribution is 2.19. The fourth-order valence-corrected chi connectivity index (χ4v) is 2.14. The van der Waals surface area contributed by atoms with Crippen molar-refractivity contribution in [2.24, 2.45) is 0 Å². The van der Waals surface area contributed by atoms with Crippen molar-refractivity contribution in [2.75, 3.05) is 21.2 Å². The van der Waals surface area contributed by atoms with E-state index in [4.69, 9.17) is 9.26 Å². The number of nitrogens with zero attached hydrogens (tertiary/aromatic N) is 3. The lowest BCUT2D eigenvalue weighted by atomic mass is 10.1. The van der Waals surface area contributed by atoms with Crippen LogP contribution in [0.3, 0.4) is 0 Å². The van der Waals surface area contributed by atoms with E-state index in [1.54, 1.807) is 31.1 Å². The number of carbonyl (C=O) groups excluding carboxylic acids is 1. The van der Waals surface area contributed by atoms with Gasteiger partial charge in [-0.1, -0.05) is 17.3 Å². The molecule has 0 aliphatic carbocycles. The second kappa shape index (κ2) is 7.80. The topological polar surface area (TPSA) is 80.5 Å². The lowest BCUT2D eigenvalue weighted by Crippen LogP contribution is -2.36. The molecule has 0 spiro atoms. The van der Waals surface area contributed by atoms with E-state index < -0.39 is 6.04 Å². The fraction of sp³-hybridized carbons (Fsp3) is 0.400. The maximum Gasteiger partial charge on any atom is 0.252 e. The molecule has 0 bridgehead atoms. The molecule has 23 heavy (non-hydrogen) atoms. The Kier molecular flexibility index (Phi) is 5.78. The number of carbonyl (C=O) groups is 1. The molecule has 0 radical (unpaired) electrons. The standard InChI is InChI=1S/C15H19FN4O3/c1-20(2)14(10-4-6-11(16)7-5-10)15(21)17-8-12-18-13(9-22-3)23-19-12/h4-7,14H,8-9H2,1-3H3,(H,17,21). The molecule has 8 heteroatoms. The lowest BCUT2D eigenvalue weighted by molar-refractivity contribution is -0.126. The van der Waals surface area contributed by atoms with E-state index in [1.807, 2.05) is 0 Å². The van der Waals surface area contributed by atoms with Gasteiger partial charge in [0, 0.05) is 7.11 Å². The van der Waals surface area contributed by atoms with Crippen LogP contribution in [0, 0.1) is 5.82 Å². The Morgan fingerprint density at radius 3 is 2.70 bits per heavy atom. The summed E-state index contributed by atoms with van der Waals surface area (Å²) in [6, 6.07) is 5.29. The van der Waals surface area contributed by atoms with Crippen LogP contribution < -0.4 is 5.32 Å². The van der Waals surface area contributed by atoms with E-state index in [2.05, 4.69) is 15.5 Å². The van der Waals surface area contributed by atoms with Crippen LogP contribution in [0.4, 0.5) is 4.39 Å². The zero-order chi connectivity index (χ0) is 16.8. The number of benzene rings is 1. The summed E-state index contributed by atoms with van der Waals surface area (Å²) in [5, 5.41) is 6.50. The van der Waals surface area contributed by atoms with E-state index in [-0.39, 0.29) is 24.9 Å². The molecule has 1 atom stereocenters. The Morgan fingerprint density at radius 2 is 2.09 bits per heavy atom. The van der Waals surface area contributed by atoms with Crippen molar-refractivity contribution >= 4 is 5.91 Å². The SMILES string of the molecule is COCc1nc(CNC(=O)C(c2ccc(F)cc2)N(C)C)no1. The Balaban J connectivity index is 2.02. The zero-order valence-electron chi connectivity index (χ0n) is 13.2. The summed E-state index contributed by atoms with van der Waals surface area (Å²) in [6.45, 7) is 0.356. The van der Waals surface area contributed by atoms with Gasteiger partial charge in [-0.25, -0.2) is 4.39 Å². The van der Waals surface area contributed by atoms with E-state index >= 15 is 0 Å². The predicted molar refractivity (Wildman–Crippen MR) is 79.7 cm³/mol. The monoisotopic (exact) mass is 322 g/mol. The fourth-order valence-electron chi connectivity index (χ4n) is 2.14. The van der Waals surface area contributed by atoms with Crippen molar-refractivity contribution in [3.8, 4) is 0 Å². The summed E-state index contributed by atoms with van der Waals surface area (Å²) in [6.07, 6.45) is 0. The van der Waals surface area contributed by atoms with Crippen LogP contribution in [0.1, 0.15) is 23.3 Å². The molecule has 0 fully saturated rings. The van der Waals surface area contributed by atoms with Crippen molar-refractivity contribution in [1.82, 2.24) is 20.4 Å². The summed E-state index contributed by atoms with van der Waals surface area (Å²) in [5.41, 5.74) is 0.696. The van der Waals surface area contributed by atoms with Crippen LogP contribution in [0.5, 0.6) is 0 Å². The van der Waals surface area contributed by atoms with Crippen LogP contribution in [0.2, 0.25) is 0 Å². The number of ether oxygens (including phenoxy) is 1. The second-order valence-electron chi connectivity index (χ2n) is 5.17. The molecule has 1 N–H and O–H groups in total. The smallest absolute Gasteiger partial charge is 0.252 e. The third-order valence-electron chi connectivity index (χ3n) is 3.15. The molecule has 2 aromatic rings. The minimum atomic E-state index is -0.541. The number of hydrogen-bond donors (Lipinski definition) is 1. The average molecular weight is 322 g/mol. The van der Waals surface area contributed by atoms with Crippen LogP contribution in [-0.2, 0) is 22.7 Å². The van der Waals surface area contributed by atoms with Gasteiger partial charge in [0.25, 0.3) is 5.89 Å². The van der Waals surface area contributed by atoms with Crippen LogP contribution >= 0.6 is 0 Å². The molecule has 124 valence electrons. The third kappa shape index (κ3) is 4.57. The maximum absolute atomic E-state index is 13.0. The van der Waals surface area contributed by atoms with Gasteiger partial charge in [0.2, 0.25) is 5.91 Å². The first-order chi connectivity index (χ1) is 11.0. The van der Waals surface area contributed by atoms with Crippen molar-refractivity contribution in [1.29, 1.82) is 0 Å². The minimum Gasteiger partial charge on any atom is -0.375 e. The van der Waals surface area contributed by atoms with Gasteiger partial charge in [-0.3, -0.25) is 9.69 Å². The predicted octanol–water partition coefficient (Wildman–Crippen LogP) is 1.27. The molecule has 1 aromatic carbocycles. The summed E-state index contributed by atoms with van der Waals surface area (Å²) < 4.78 is 22.9. The molecule has 0 aliphatic rings. The molecule has 0 saturated carbocycles. The first-order valence-corrected chi connectivity index (χ1v) is 7.01. The van der Waals surface area contributed by atoms with Gasteiger partial charge >= 0.3 is 0 Å². The summed E-state index contributed by atoms with van der Waals surface area (Å²) in [5.74, 6) is 0.130. The Hall–Kier alpha value is -2.32. The van der Waals surface area contributed by atoms with Gasteiger partial charge in [-0.15, -0.1) is 0 Å². The van der Waals surface area contributed by atoms with Crippen molar-refractivity contribution in [3.63, 3.8) is 0 Å². The first kappa shape index (κ1) is 17.0. The normalized spacial score (nSPS) is 12.4. The van der Waals surface area contributed by atoms with Gasteiger partial charge < -0.3 is 14.6 Å². The molecule has 0 saturated heterocycles. The molecular formula is C15H19FN4O3. The first-order valence-electron chi connectivity index (χ1n) is 7.01. The summed E-state index contributed by atoms with van der Waals surface area (Å²) >= 11 is 0. The highest BCUT2D eigenvalue weighted by Gasteiger charge is 2.23. The van der Waals surface area contributed by atoms with Crippen LogP contribution in [-0.4, -0.2) is 42.2 Å². The number of rotatable bonds is 7. The lowest BCUT2D eigenvalue weighted by Gasteiger charge is -2.23. The van der Waals surface area contributed by atoms with Gasteiger partial charge in [0.1, 0.15) is 18.5 Å². The third-order valence-corrected chi connectivity index (χ3v) is 3.15. The largest absolute Gasteiger partial charge is 0.375 e. The molecule has 7 nitrogen and oxygen atoms in total. The molecule has 1 heterocycles. The van der Waals surface area contributed by atoms with E-state index in [1.165, 1.54) is 19.2 Å². The highest BCUT2D eigenvalue weighted by molar-refractivity contribution is 5.83. The highest BCUT2D eigenvalue weighted by atomic mass is 19.1. The molecule has 1 aromatic heterocycles. The Labute approximate surface area is 133 Å². The van der Waals surface area contributed by atoms with E-state index in [0.717, 1.165) is 0 Å². The zero-order valence-corrected chi connectivity index (χ0v) is 13.2. The quantitative estimate of drug-likeness (QED) is 0.827. The van der Waals surface area contributed by atoms with Crippen molar-refractivity contribution in [3.05, 3.63) is 47.4 Å². The Bertz CT molecular complexity index is 642. The van der Waals surface area contributed by atoms with E-state index in [9.17, 15) is 9.18 Å². The van der Waals surface area contributed by atoms with Crippen LogP contribution in [0.25, 0.3) is 0 Å². The number of likely N-dealkylation sites (N-methyl/N-ethyl adjacent to an activating group) is 1. The number of aromatic nitrogens is 2. The van der Waals surface area contributed by atoms with Gasteiger partial charge in [-0.05, 0) is 31.8 Å². The number of amides is 1. The molecule has 0 aliphatic heterocycles. The van der Waals surface area contributed by atoms with E-state index in [0.29, 0.717) is 17.3 Å². The molecule has 2 rings (SSSR count). The molecule has 1 unspecified atom stereocenters. The minimum absolute atomic E-state index is 0.136. The second-order valence-corrected chi connectivity index (χ2v) is 5.17. The van der Waals surface area contributed by atoms with Crippen LogP contribution in [0.15, 0.2) is 28.8 Å². The van der Waals surface area contributed by atoms with Gasteiger partial charge in [-0.2, -0.15) is 4.98 Å². The Morgan fingerprint density at radius 1 is 1.39 bits per heavy atom. The van der Waals surface area contributed by atoms with Crippen molar-refractivity contribution < 1.29 is 18.4 Å². The number of methoxy groups -OCH3 is 1. The number of hydrogen-bond acceptors (Lipinski definition) is 6. The van der Waals surface area contributed by atoms with Gasteiger partial charge in [0.15, 0.2) is 5.82 Å². The van der Waals surface area contributed by atoms with Crippen molar-refractivity contribution in [2.45, 2.75) is 19.2 Å². The molecule has 1 amide bonds. The number of nitrogens with one attached hydrogen (secondary N) is 1.